The maximum atomic E-state index is 3.77. The van der Waals surface area contributed by atoms with Crippen LogP contribution < -0.4 is 5.32 Å². The van der Waals surface area contributed by atoms with E-state index in [2.05, 4.69) is 77.5 Å². The number of hydrogen-bond donors (Lipinski definition) is 1. The normalized spacial score (nSPS) is 33.1. The maximum Gasteiger partial charge on any atom is 0.0578 e. The zero-order valence-corrected chi connectivity index (χ0v) is 20.2. The van der Waals surface area contributed by atoms with Crippen LogP contribution in [0.15, 0.2) is 54.1 Å². The monoisotopic (exact) mass is 439 g/mol. The van der Waals surface area contributed by atoms with Gasteiger partial charge in [-0.1, -0.05) is 43.3 Å². The molecular weight excluding hydrogens is 402 g/mol. The molecule has 2 heterocycles. The summed E-state index contributed by atoms with van der Waals surface area (Å²) in [6.45, 7) is 8.36. The Hall–Kier alpha value is -2.10. The number of benzene rings is 2. The topological polar surface area (TPSA) is 18.5 Å². The van der Waals surface area contributed by atoms with E-state index in [0.29, 0.717) is 23.7 Å². The van der Waals surface area contributed by atoms with Crippen molar-refractivity contribution in [2.45, 2.75) is 76.0 Å². The quantitative estimate of drug-likeness (QED) is 0.605. The molecule has 0 radical (unpaired) electrons. The highest BCUT2D eigenvalue weighted by molar-refractivity contribution is 5.79. The van der Waals surface area contributed by atoms with Gasteiger partial charge in [-0.2, -0.15) is 0 Å². The first kappa shape index (κ1) is 20.3. The van der Waals surface area contributed by atoms with Crippen molar-refractivity contribution < 1.29 is 0 Å². The van der Waals surface area contributed by atoms with Crippen LogP contribution in [0.3, 0.4) is 0 Å². The number of rotatable bonds is 6. The van der Waals surface area contributed by atoms with Crippen LogP contribution in [0.4, 0.5) is 5.69 Å². The Balaban J connectivity index is 1.19. The van der Waals surface area contributed by atoms with Gasteiger partial charge < -0.3 is 5.32 Å². The van der Waals surface area contributed by atoms with E-state index in [1.165, 1.54) is 68.6 Å². The minimum atomic E-state index is 0.440. The van der Waals surface area contributed by atoms with Gasteiger partial charge in [-0.15, -0.1) is 0 Å². The molecule has 172 valence electrons. The molecule has 1 N–H and O–H groups in total. The lowest BCUT2D eigenvalue weighted by Gasteiger charge is -2.70. The molecule has 2 bridgehead atoms. The minimum Gasteiger partial charge on any atom is -0.380 e. The summed E-state index contributed by atoms with van der Waals surface area (Å²) >= 11 is 0. The molecule has 3 nitrogen and oxygen atoms in total. The first-order valence-corrected chi connectivity index (χ1v) is 13.3. The van der Waals surface area contributed by atoms with E-state index in [9.17, 15) is 0 Å². The lowest BCUT2D eigenvalue weighted by molar-refractivity contribution is -0.173. The SMILES string of the molecule is CCCN1CC(Nc2ccc([C@@H]3C4=C(C[C@@H](C)N3C35CC(C3)C5)c3ccccc3C4)cc2)C1. The first-order chi connectivity index (χ1) is 16.1. The van der Waals surface area contributed by atoms with Crippen molar-refractivity contribution in [2.24, 2.45) is 5.92 Å². The number of fused-ring (bicyclic) bond motifs is 2. The smallest absolute Gasteiger partial charge is 0.0578 e. The fourth-order valence-corrected chi connectivity index (χ4v) is 7.78. The van der Waals surface area contributed by atoms with Crippen molar-refractivity contribution in [1.82, 2.24) is 9.80 Å². The van der Waals surface area contributed by atoms with E-state index < -0.39 is 0 Å². The van der Waals surface area contributed by atoms with Gasteiger partial charge in [0.15, 0.2) is 0 Å². The molecule has 0 aromatic heterocycles. The molecule has 0 spiro atoms. The number of anilines is 1. The molecule has 3 saturated carbocycles. The molecule has 33 heavy (non-hydrogen) atoms. The predicted octanol–water partition coefficient (Wildman–Crippen LogP) is 5.89. The number of likely N-dealkylation sites (tertiary alicyclic amines) is 1. The Morgan fingerprint density at radius 3 is 2.45 bits per heavy atom. The van der Waals surface area contributed by atoms with Crippen molar-refractivity contribution in [2.75, 3.05) is 25.0 Å². The van der Waals surface area contributed by atoms with Crippen LogP contribution in [0.5, 0.6) is 0 Å². The lowest BCUT2D eigenvalue weighted by Crippen LogP contribution is -2.71. The summed E-state index contributed by atoms with van der Waals surface area (Å²) in [4.78, 5) is 5.51. The Kier molecular flexibility index (Phi) is 4.58. The molecule has 2 aromatic carbocycles. The molecule has 2 aromatic rings. The Labute approximate surface area is 198 Å². The fourth-order valence-electron chi connectivity index (χ4n) is 7.78. The summed E-state index contributed by atoms with van der Waals surface area (Å²) in [6.07, 6.45) is 7.89. The van der Waals surface area contributed by atoms with E-state index in [4.69, 9.17) is 0 Å². The first-order valence-electron chi connectivity index (χ1n) is 13.3. The average Bonchev–Trinajstić information content (AvgIpc) is 3.09. The van der Waals surface area contributed by atoms with Crippen LogP contribution in [0.25, 0.3) is 5.57 Å². The second-order valence-electron chi connectivity index (χ2n) is 11.6. The van der Waals surface area contributed by atoms with Crippen molar-refractivity contribution in [1.29, 1.82) is 0 Å². The van der Waals surface area contributed by atoms with Gasteiger partial charge in [0.2, 0.25) is 0 Å². The second-order valence-corrected chi connectivity index (χ2v) is 11.6. The molecule has 6 aliphatic rings. The summed E-state index contributed by atoms with van der Waals surface area (Å²) in [5.74, 6) is 1.01. The summed E-state index contributed by atoms with van der Waals surface area (Å²) in [5, 5.41) is 3.77. The highest BCUT2D eigenvalue weighted by Gasteiger charge is 2.63. The number of nitrogens with zero attached hydrogens (tertiary/aromatic N) is 2. The predicted molar refractivity (Wildman–Crippen MR) is 136 cm³/mol. The molecule has 4 aliphatic carbocycles. The third kappa shape index (κ3) is 3.08. The van der Waals surface area contributed by atoms with Crippen molar-refractivity contribution in [3.8, 4) is 0 Å². The largest absolute Gasteiger partial charge is 0.380 e. The molecular formula is C30H37N3. The number of hydrogen-bond acceptors (Lipinski definition) is 3. The molecule has 1 saturated heterocycles. The molecule has 3 heteroatoms. The average molecular weight is 440 g/mol. The van der Waals surface area contributed by atoms with Crippen molar-refractivity contribution in [3.05, 3.63) is 70.8 Å². The summed E-state index contributed by atoms with van der Waals surface area (Å²) in [7, 11) is 0. The standard InChI is InChI=1S/C30H37N3/c1-3-12-32-18-25(19-32)31-24-10-8-22(9-11-24)29-28-14-23-6-4-5-7-26(23)27(28)13-20(2)33(29)30-15-21(16-30)17-30/h4-11,20-21,25,29,31H,3,12-19H2,1-2H3/t20-,21?,29-,30?/m1/s1. The zero-order chi connectivity index (χ0) is 22.2. The summed E-state index contributed by atoms with van der Waals surface area (Å²) < 4.78 is 0. The van der Waals surface area contributed by atoms with Gasteiger partial charge in [0.05, 0.1) is 12.1 Å². The Bertz CT molecular complexity index is 1080. The third-order valence-corrected chi connectivity index (χ3v) is 9.34. The van der Waals surface area contributed by atoms with Gasteiger partial charge in [0.1, 0.15) is 0 Å². The van der Waals surface area contributed by atoms with E-state index in [0.717, 1.165) is 12.3 Å². The van der Waals surface area contributed by atoms with Gasteiger partial charge in [0, 0.05) is 30.4 Å². The highest BCUT2D eigenvalue weighted by Crippen LogP contribution is 2.65. The highest BCUT2D eigenvalue weighted by atomic mass is 15.3. The van der Waals surface area contributed by atoms with Crippen LogP contribution in [-0.4, -0.2) is 47.1 Å². The van der Waals surface area contributed by atoms with Crippen molar-refractivity contribution >= 4 is 11.3 Å². The third-order valence-electron chi connectivity index (χ3n) is 9.34. The maximum absolute atomic E-state index is 3.77. The zero-order valence-electron chi connectivity index (χ0n) is 20.2. The van der Waals surface area contributed by atoms with E-state index in [1.807, 2.05) is 0 Å². The molecule has 2 aliphatic heterocycles. The van der Waals surface area contributed by atoms with E-state index >= 15 is 0 Å². The van der Waals surface area contributed by atoms with Gasteiger partial charge in [-0.05, 0) is 97.9 Å². The lowest BCUT2D eigenvalue weighted by atomic mass is 9.48. The second kappa shape index (κ2) is 7.45. The van der Waals surface area contributed by atoms with Gasteiger partial charge in [0.25, 0.3) is 0 Å². The van der Waals surface area contributed by atoms with Crippen LogP contribution in [-0.2, 0) is 6.42 Å². The molecule has 2 atom stereocenters. The molecule has 4 fully saturated rings. The Morgan fingerprint density at radius 1 is 1.00 bits per heavy atom. The molecule has 0 unspecified atom stereocenters. The van der Waals surface area contributed by atoms with Crippen LogP contribution >= 0.6 is 0 Å². The minimum absolute atomic E-state index is 0.440. The van der Waals surface area contributed by atoms with Crippen LogP contribution in [0.1, 0.15) is 68.7 Å². The van der Waals surface area contributed by atoms with Gasteiger partial charge >= 0.3 is 0 Å². The fraction of sp³-hybridized carbons (Fsp3) is 0.533. The van der Waals surface area contributed by atoms with Crippen LogP contribution in [0.2, 0.25) is 0 Å². The number of nitrogens with one attached hydrogen (secondary N) is 1. The molecule has 8 rings (SSSR count). The van der Waals surface area contributed by atoms with E-state index in [-0.39, 0.29) is 0 Å². The molecule has 0 amide bonds. The van der Waals surface area contributed by atoms with E-state index in [1.54, 1.807) is 16.7 Å². The van der Waals surface area contributed by atoms with Gasteiger partial charge in [-0.3, -0.25) is 9.80 Å². The van der Waals surface area contributed by atoms with Gasteiger partial charge in [-0.25, -0.2) is 0 Å². The summed E-state index contributed by atoms with van der Waals surface area (Å²) in [6, 6.07) is 20.4. The van der Waals surface area contributed by atoms with Crippen LogP contribution in [0, 0.1) is 5.92 Å². The summed E-state index contributed by atoms with van der Waals surface area (Å²) in [5.41, 5.74) is 9.67. The van der Waals surface area contributed by atoms with Crippen molar-refractivity contribution in [3.63, 3.8) is 0 Å². The Morgan fingerprint density at radius 2 is 1.76 bits per heavy atom.